The topological polar surface area (TPSA) is 87.7 Å². The van der Waals surface area contributed by atoms with Crippen molar-refractivity contribution >= 4 is 23.6 Å². The molecule has 2 N–H and O–H groups in total. The van der Waals surface area contributed by atoms with E-state index < -0.39 is 12.0 Å². The molecule has 0 aromatic heterocycles. The highest BCUT2D eigenvalue weighted by Gasteiger charge is 2.36. The molecule has 0 bridgehead atoms. The fourth-order valence-electron chi connectivity index (χ4n) is 4.72. The molecule has 0 spiro atoms. The van der Waals surface area contributed by atoms with E-state index in [1.54, 1.807) is 25.7 Å². The number of benzene rings is 1. The maximum absolute atomic E-state index is 13.0. The number of carbonyl (C=O) groups excluding carboxylic acids is 3. The Kier molecular flexibility index (Phi) is 8.53. The van der Waals surface area contributed by atoms with Crippen molar-refractivity contribution < 1.29 is 19.1 Å². The molecule has 0 radical (unpaired) electrons. The van der Waals surface area contributed by atoms with Crippen LogP contribution >= 0.6 is 0 Å². The first-order valence-electron chi connectivity index (χ1n) is 12.2. The Balaban J connectivity index is 1.81. The zero-order valence-electron chi connectivity index (χ0n) is 20.3. The molecule has 1 atom stereocenters. The number of rotatable bonds is 9. The largest absolute Gasteiger partial charge is 0.459 e. The molecule has 180 valence electrons. The molecule has 0 saturated heterocycles. The fraction of sp³-hybridized carbons (Fsp3) is 0.577. The third kappa shape index (κ3) is 6.36. The first-order chi connectivity index (χ1) is 15.8. The molecule has 0 unspecified atom stereocenters. The molecule has 7 nitrogen and oxygen atoms in total. The molecule has 3 rings (SSSR count). The van der Waals surface area contributed by atoms with Crippen molar-refractivity contribution in [2.45, 2.75) is 84.8 Å². The predicted octanol–water partition coefficient (Wildman–Crippen LogP) is 5.30. The van der Waals surface area contributed by atoms with Crippen LogP contribution in [0, 0.1) is 5.92 Å². The highest BCUT2D eigenvalue weighted by atomic mass is 16.5. The van der Waals surface area contributed by atoms with Gasteiger partial charge in [0, 0.05) is 24.4 Å². The quantitative estimate of drug-likeness (QED) is 0.495. The van der Waals surface area contributed by atoms with Crippen molar-refractivity contribution in [2.75, 3.05) is 11.9 Å². The highest BCUT2D eigenvalue weighted by molar-refractivity contribution is 5.95. The van der Waals surface area contributed by atoms with Gasteiger partial charge in [0.2, 0.25) is 5.91 Å². The highest BCUT2D eigenvalue weighted by Crippen LogP contribution is 2.33. The zero-order chi connectivity index (χ0) is 24.0. The minimum atomic E-state index is -0.646. The van der Waals surface area contributed by atoms with Crippen molar-refractivity contribution in [3.05, 3.63) is 41.1 Å². The average Bonchev–Trinajstić information content (AvgIpc) is 3.28. The van der Waals surface area contributed by atoms with Crippen LogP contribution in [0.15, 0.2) is 35.5 Å². The van der Waals surface area contributed by atoms with Crippen LogP contribution in [0.4, 0.5) is 10.5 Å². The second kappa shape index (κ2) is 11.3. The molecule has 7 heteroatoms. The number of nitrogens with one attached hydrogen (secondary N) is 2. The van der Waals surface area contributed by atoms with E-state index in [4.69, 9.17) is 4.74 Å². The Morgan fingerprint density at radius 3 is 2.64 bits per heavy atom. The van der Waals surface area contributed by atoms with E-state index in [1.807, 2.05) is 31.2 Å². The minimum absolute atomic E-state index is 0.00739. The first kappa shape index (κ1) is 24.8. The lowest BCUT2D eigenvalue weighted by Gasteiger charge is -2.35. The summed E-state index contributed by atoms with van der Waals surface area (Å²) in [5.41, 5.74) is 2.40. The second-order valence-electron chi connectivity index (χ2n) is 9.35. The summed E-state index contributed by atoms with van der Waals surface area (Å²) < 4.78 is 5.50. The van der Waals surface area contributed by atoms with Gasteiger partial charge in [-0.1, -0.05) is 44.7 Å². The van der Waals surface area contributed by atoms with Gasteiger partial charge in [0.25, 0.3) is 0 Å². The Bertz CT molecular complexity index is 903. The molecule has 1 aliphatic heterocycles. The van der Waals surface area contributed by atoms with Crippen LogP contribution in [0.1, 0.15) is 84.2 Å². The summed E-state index contributed by atoms with van der Waals surface area (Å²) >= 11 is 0. The van der Waals surface area contributed by atoms with Gasteiger partial charge >= 0.3 is 12.0 Å². The molecule has 1 aliphatic carbocycles. The van der Waals surface area contributed by atoms with Gasteiger partial charge in [0.1, 0.15) is 0 Å². The van der Waals surface area contributed by atoms with Gasteiger partial charge in [-0.2, -0.15) is 0 Å². The number of allylic oxidation sites excluding steroid dienone is 1. The van der Waals surface area contributed by atoms with Crippen molar-refractivity contribution in [3.63, 3.8) is 0 Å². The van der Waals surface area contributed by atoms with Crippen LogP contribution in [0.25, 0.3) is 0 Å². The van der Waals surface area contributed by atoms with Crippen molar-refractivity contribution in [1.29, 1.82) is 0 Å². The van der Waals surface area contributed by atoms with Crippen molar-refractivity contribution in [1.82, 2.24) is 10.2 Å². The van der Waals surface area contributed by atoms with E-state index >= 15 is 0 Å². The molecule has 33 heavy (non-hydrogen) atoms. The molecule has 3 amide bonds. The number of carbonyl (C=O) groups is 3. The van der Waals surface area contributed by atoms with Gasteiger partial charge in [-0.3, -0.25) is 9.69 Å². The van der Waals surface area contributed by atoms with Crippen LogP contribution in [0.3, 0.4) is 0 Å². The predicted molar refractivity (Wildman–Crippen MR) is 128 cm³/mol. The van der Waals surface area contributed by atoms with Crippen LogP contribution in [-0.2, 0) is 14.3 Å². The summed E-state index contributed by atoms with van der Waals surface area (Å²) in [5, 5.41) is 5.94. The van der Waals surface area contributed by atoms with Crippen LogP contribution in [0.5, 0.6) is 0 Å². The SMILES string of the molecule is CCCN1C(=O)N[C@@H](c2cccc(NC(=O)CCC3CCCC3)c2)C(C(=O)OC(C)C)=C1C. The number of urea groups is 1. The standard InChI is InChI=1S/C26H37N3O4/c1-5-15-29-18(4)23(25(31)33-17(2)3)24(28-26(29)32)20-11-8-12-21(16-20)27-22(30)14-13-19-9-6-7-10-19/h8,11-12,16-17,19,24H,5-7,9-10,13-15H2,1-4H3,(H,27,30)(H,28,32)/t24-/m0/s1. The van der Waals surface area contributed by atoms with E-state index in [2.05, 4.69) is 10.6 Å². The maximum Gasteiger partial charge on any atom is 0.338 e. The zero-order valence-corrected chi connectivity index (χ0v) is 20.3. The van der Waals surface area contributed by atoms with E-state index in [-0.39, 0.29) is 18.0 Å². The molecule has 1 heterocycles. The van der Waals surface area contributed by atoms with E-state index in [9.17, 15) is 14.4 Å². The number of hydrogen-bond acceptors (Lipinski definition) is 4. The average molecular weight is 456 g/mol. The van der Waals surface area contributed by atoms with Crippen LogP contribution in [-0.4, -0.2) is 35.5 Å². The van der Waals surface area contributed by atoms with E-state index in [1.165, 1.54) is 25.7 Å². The number of nitrogens with zero attached hydrogens (tertiary/aromatic N) is 1. The summed E-state index contributed by atoms with van der Waals surface area (Å²) in [5.74, 6) is 0.208. The summed E-state index contributed by atoms with van der Waals surface area (Å²) in [6.07, 6.45) is 6.90. The van der Waals surface area contributed by atoms with Gasteiger partial charge in [0.05, 0.1) is 17.7 Å². The molecule has 2 aliphatic rings. The van der Waals surface area contributed by atoms with Crippen molar-refractivity contribution in [3.8, 4) is 0 Å². The summed E-state index contributed by atoms with van der Waals surface area (Å²) in [6, 6.07) is 6.44. The number of anilines is 1. The second-order valence-corrected chi connectivity index (χ2v) is 9.35. The first-order valence-corrected chi connectivity index (χ1v) is 12.2. The Labute approximate surface area is 196 Å². The molecule has 1 aromatic rings. The van der Waals surface area contributed by atoms with Gasteiger partial charge in [-0.05, 0) is 57.2 Å². The van der Waals surface area contributed by atoms with Crippen molar-refractivity contribution in [2.24, 2.45) is 5.92 Å². The lowest BCUT2D eigenvalue weighted by atomic mass is 9.94. The third-order valence-corrected chi connectivity index (χ3v) is 6.36. The third-order valence-electron chi connectivity index (χ3n) is 6.36. The number of esters is 1. The Hall–Kier alpha value is -2.83. The summed E-state index contributed by atoms with van der Waals surface area (Å²) in [7, 11) is 0. The normalized spacial score (nSPS) is 19.1. The van der Waals surface area contributed by atoms with Gasteiger partial charge in [0.15, 0.2) is 0 Å². The smallest absolute Gasteiger partial charge is 0.338 e. The van der Waals surface area contributed by atoms with Gasteiger partial charge in [-0.25, -0.2) is 9.59 Å². The van der Waals surface area contributed by atoms with E-state index in [0.29, 0.717) is 35.8 Å². The number of ether oxygens (including phenoxy) is 1. The van der Waals surface area contributed by atoms with E-state index in [0.717, 1.165) is 18.4 Å². The summed E-state index contributed by atoms with van der Waals surface area (Å²) in [4.78, 5) is 39.9. The van der Waals surface area contributed by atoms with Crippen LogP contribution in [0.2, 0.25) is 0 Å². The number of amides is 3. The monoisotopic (exact) mass is 455 g/mol. The number of hydrogen-bond donors (Lipinski definition) is 2. The molecular formula is C26H37N3O4. The maximum atomic E-state index is 13.0. The minimum Gasteiger partial charge on any atom is -0.459 e. The summed E-state index contributed by atoms with van der Waals surface area (Å²) in [6.45, 7) is 7.88. The Morgan fingerprint density at radius 1 is 1.24 bits per heavy atom. The van der Waals surface area contributed by atoms with Crippen LogP contribution < -0.4 is 10.6 Å². The molecule has 1 saturated carbocycles. The lowest BCUT2D eigenvalue weighted by Crippen LogP contribution is -2.48. The lowest BCUT2D eigenvalue weighted by molar-refractivity contribution is -0.143. The molecule has 1 fully saturated rings. The molecular weight excluding hydrogens is 418 g/mol. The Morgan fingerprint density at radius 2 is 1.97 bits per heavy atom. The fourth-order valence-corrected chi connectivity index (χ4v) is 4.72. The van der Waals surface area contributed by atoms with Gasteiger partial charge < -0.3 is 15.4 Å². The van der Waals surface area contributed by atoms with Gasteiger partial charge in [-0.15, -0.1) is 0 Å². The molecule has 1 aromatic carbocycles.